The van der Waals surface area contributed by atoms with Crippen LogP contribution in [0, 0.1) is 0 Å². The van der Waals surface area contributed by atoms with E-state index in [-0.39, 0.29) is 16.2 Å². The number of methoxy groups -OCH3 is 1. The van der Waals surface area contributed by atoms with Crippen molar-refractivity contribution in [3.8, 4) is 5.75 Å². The lowest BCUT2D eigenvalue weighted by molar-refractivity contribution is -0.123. The number of piperazine rings is 1. The summed E-state index contributed by atoms with van der Waals surface area (Å²) in [5.74, 6) is -0.303. The molecule has 0 bridgehead atoms. The summed E-state index contributed by atoms with van der Waals surface area (Å²) in [5, 5.41) is 4.74. The van der Waals surface area contributed by atoms with E-state index < -0.39 is 27.5 Å². The van der Waals surface area contributed by atoms with Crippen LogP contribution in [0.5, 0.6) is 5.75 Å². The van der Waals surface area contributed by atoms with E-state index in [1.807, 2.05) is 12.1 Å². The number of carbonyl (C=O) groups is 2. The Morgan fingerprint density at radius 2 is 1.79 bits per heavy atom. The van der Waals surface area contributed by atoms with E-state index in [9.17, 15) is 18.0 Å². The van der Waals surface area contributed by atoms with Crippen molar-refractivity contribution in [2.45, 2.75) is 24.3 Å². The summed E-state index contributed by atoms with van der Waals surface area (Å²) in [6, 6.07) is 10.9. The van der Waals surface area contributed by atoms with Gasteiger partial charge < -0.3 is 19.9 Å². The predicted molar refractivity (Wildman–Crippen MR) is 129 cm³/mol. The smallest absolute Gasteiger partial charge is 0.322 e. The van der Waals surface area contributed by atoms with Gasteiger partial charge in [-0.2, -0.15) is 0 Å². The normalized spacial score (nSPS) is 21.2. The van der Waals surface area contributed by atoms with Crippen LogP contribution in [-0.4, -0.2) is 65.1 Å². The highest BCUT2D eigenvalue weighted by atomic mass is 32.2. The molecule has 2 fully saturated rings. The first-order valence-electron chi connectivity index (χ1n) is 11.1. The number of hydrogen-bond donors (Lipinski definition) is 3. The van der Waals surface area contributed by atoms with Crippen LogP contribution >= 0.6 is 0 Å². The quantitative estimate of drug-likeness (QED) is 0.509. The highest BCUT2D eigenvalue weighted by Gasteiger charge is 2.45. The molecule has 182 valence electrons. The number of hydrogen-bond acceptors (Lipinski definition) is 7. The van der Waals surface area contributed by atoms with Crippen molar-refractivity contribution < 1.29 is 22.7 Å². The van der Waals surface area contributed by atoms with Crippen molar-refractivity contribution in [2.24, 2.45) is 0 Å². The lowest BCUT2D eigenvalue weighted by atomic mass is 9.91. The van der Waals surface area contributed by atoms with E-state index >= 15 is 0 Å². The number of para-hydroxylation sites is 2. The van der Waals surface area contributed by atoms with Gasteiger partial charge in [0.1, 0.15) is 11.3 Å². The van der Waals surface area contributed by atoms with E-state index in [0.29, 0.717) is 5.69 Å². The monoisotopic (exact) mass is 487 g/mol. The summed E-state index contributed by atoms with van der Waals surface area (Å²) in [4.78, 5) is 28.7. The second-order valence-electron chi connectivity index (χ2n) is 8.44. The zero-order valence-corrected chi connectivity index (χ0v) is 20.2. The summed E-state index contributed by atoms with van der Waals surface area (Å²) < 4.78 is 34.8. The lowest BCUT2D eigenvalue weighted by Gasteiger charge is -2.36. The Hall–Kier alpha value is -3.31. The van der Waals surface area contributed by atoms with Gasteiger partial charge in [-0.25, -0.2) is 13.2 Å². The molecule has 11 heteroatoms. The van der Waals surface area contributed by atoms with Crippen molar-refractivity contribution >= 4 is 33.3 Å². The molecule has 3 N–H and O–H groups in total. The van der Waals surface area contributed by atoms with Gasteiger partial charge in [-0.1, -0.05) is 19.1 Å². The van der Waals surface area contributed by atoms with E-state index in [0.717, 1.165) is 38.4 Å². The molecule has 2 aromatic rings. The Bertz CT molecular complexity index is 1210. The molecule has 10 nitrogen and oxygen atoms in total. The van der Waals surface area contributed by atoms with E-state index in [1.54, 1.807) is 12.1 Å². The molecule has 2 aliphatic rings. The number of anilines is 2. The van der Waals surface area contributed by atoms with Crippen LogP contribution in [0.1, 0.15) is 19.4 Å². The standard InChI is InChI=1S/C23H29N5O5S/c1-4-27-11-13-28(14-12-27)19-8-6-5-7-18(19)26-34(31,32)16-9-10-20(33-3)17(15-16)23(2)21(29)24-22(30)25-23/h5-10,15,26H,4,11-14H2,1-3H3,(H2,24,25,29,30). The van der Waals surface area contributed by atoms with Crippen molar-refractivity contribution in [2.75, 3.05) is 49.5 Å². The third kappa shape index (κ3) is 4.40. The molecule has 2 saturated heterocycles. The first kappa shape index (κ1) is 23.8. The van der Waals surface area contributed by atoms with Gasteiger partial charge in [0.05, 0.1) is 23.4 Å². The maximum atomic E-state index is 13.4. The lowest BCUT2D eigenvalue weighted by Crippen LogP contribution is -2.46. The molecule has 2 aliphatic heterocycles. The van der Waals surface area contributed by atoms with Crippen LogP contribution in [0.2, 0.25) is 0 Å². The second-order valence-corrected chi connectivity index (χ2v) is 10.1. The molecule has 4 rings (SSSR count). The number of likely N-dealkylation sites (N-methyl/N-ethyl adjacent to an activating group) is 1. The van der Waals surface area contributed by atoms with Crippen LogP contribution in [0.3, 0.4) is 0 Å². The van der Waals surface area contributed by atoms with Crippen molar-refractivity contribution in [3.05, 3.63) is 48.0 Å². The van der Waals surface area contributed by atoms with Crippen LogP contribution in [-0.2, 0) is 20.4 Å². The Balaban J connectivity index is 1.66. The van der Waals surface area contributed by atoms with Gasteiger partial charge in [-0.3, -0.25) is 14.8 Å². The molecule has 1 atom stereocenters. The minimum Gasteiger partial charge on any atom is -0.496 e. The Morgan fingerprint density at radius 1 is 1.09 bits per heavy atom. The number of urea groups is 1. The molecule has 1 unspecified atom stereocenters. The summed E-state index contributed by atoms with van der Waals surface area (Å²) in [6.07, 6.45) is 0. The maximum Gasteiger partial charge on any atom is 0.322 e. The number of ether oxygens (including phenoxy) is 1. The molecule has 0 aromatic heterocycles. The van der Waals surface area contributed by atoms with Gasteiger partial charge in [-0.15, -0.1) is 0 Å². The van der Waals surface area contributed by atoms with Crippen molar-refractivity contribution in [1.82, 2.24) is 15.5 Å². The number of nitrogens with one attached hydrogen (secondary N) is 3. The van der Waals surface area contributed by atoms with E-state index in [2.05, 4.69) is 32.1 Å². The molecule has 0 spiro atoms. The fourth-order valence-corrected chi connectivity index (χ4v) is 5.42. The topological polar surface area (TPSA) is 120 Å². The average molecular weight is 488 g/mol. The number of amides is 3. The van der Waals surface area contributed by atoms with Gasteiger partial charge in [0.25, 0.3) is 15.9 Å². The largest absolute Gasteiger partial charge is 0.496 e. The number of benzene rings is 2. The molecule has 2 aromatic carbocycles. The van der Waals surface area contributed by atoms with Crippen molar-refractivity contribution in [3.63, 3.8) is 0 Å². The fraction of sp³-hybridized carbons (Fsp3) is 0.391. The van der Waals surface area contributed by atoms with Crippen LogP contribution in [0.15, 0.2) is 47.4 Å². The van der Waals surface area contributed by atoms with Gasteiger partial charge in [0.15, 0.2) is 0 Å². The van der Waals surface area contributed by atoms with E-state index in [4.69, 9.17) is 4.74 Å². The SMILES string of the molecule is CCN1CCN(c2ccccc2NS(=O)(=O)c2ccc(OC)c(C3(C)NC(=O)NC3=O)c2)CC1. The van der Waals surface area contributed by atoms with Gasteiger partial charge in [-0.05, 0) is 43.8 Å². The van der Waals surface area contributed by atoms with Gasteiger partial charge in [0, 0.05) is 31.7 Å². The zero-order chi connectivity index (χ0) is 24.5. The average Bonchev–Trinajstić information content (AvgIpc) is 3.10. The maximum absolute atomic E-state index is 13.4. The summed E-state index contributed by atoms with van der Waals surface area (Å²) in [6.45, 7) is 8.03. The fourth-order valence-electron chi connectivity index (χ4n) is 4.32. The van der Waals surface area contributed by atoms with Gasteiger partial charge in [0.2, 0.25) is 0 Å². The third-order valence-corrected chi connectivity index (χ3v) is 7.74. The summed E-state index contributed by atoms with van der Waals surface area (Å²) in [5.41, 5.74) is 0.0586. The molecule has 0 aliphatic carbocycles. The first-order valence-corrected chi connectivity index (χ1v) is 12.6. The molecule has 0 saturated carbocycles. The second kappa shape index (κ2) is 9.15. The van der Waals surface area contributed by atoms with E-state index in [1.165, 1.54) is 32.2 Å². The van der Waals surface area contributed by atoms with Crippen LogP contribution in [0.25, 0.3) is 0 Å². The number of rotatable bonds is 7. The Kier molecular flexibility index (Phi) is 6.41. The summed E-state index contributed by atoms with van der Waals surface area (Å²) in [7, 11) is -2.60. The third-order valence-electron chi connectivity index (χ3n) is 6.37. The highest BCUT2D eigenvalue weighted by Crippen LogP contribution is 2.35. The minimum atomic E-state index is -4.01. The number of sulfonamides is 1. The number of carbonyl (C=O) groups excluding carboxylic acids is 2. The molecular weight excluding hydrogens is 458 g/mol. The molecule has 2 heterocycles. The van der Waals surface area contributed by atoms with Crippen LogP contribution in [0.4, 0.5) is 16.2 Å². The Labute approximate surface area is 199 Å². The molecular formula is C23H29N5O5S. The Morgan fingerprint density at radius 3 is 2.41 bits per heavy atom. The number of nitrogens with zero attached hydrogens (tertiary/aromatic N) is 2. The predicted octanol–water partition coefficient (Wildman–Crippen LogP) is 1.69. The first-order chi connectivity index (χ1) is 16.2. The van der Waals surface area contributed by atoms with Crippen molar-refractivity contribution in [1.29, 1.82) is 0 Å². The summed E-state index contributed by atoms with van der Waals surface area (Å²) >= 11 is 0. The number of imide groups is 1. The van der Waals surface area contributed by atoms with Gasteiger partial charge >= 0.3 is 6.03 Å². The van der Waals surface area contributed by atoms with Crippen LogP contribution < -0.4 is 25.0 Å². The molecule has 34 heavy (non-hydrogen) atoms. The highest BCUT2D eigenvalue weighted by molar-refractivity contribution is 7.92. The molecule has 3 amide bonds. The zero-order valence-electron chi connectivity index (χ0n) is 19.4. The molecule has 0 radical (unpaired) electrons. The minimum absolute atomic E-state index is 0.0518.